The molecule has 4 unspecified atom stereocenters. The molecular weight excluding hydrogens is 367 g/mol. The van der Waals surface area contributed by atoms with Crippen LogP contribution in [0.3, 0.4) is 0 Å². The van der Waals surface area contributed by atoms with Crippen LogP contribution in [-0.2, 0) is 0 Å². The van der Waals surface area contributed by atoms with Crippen molar-refractivity contribution in [2.24, 2.45) is 17.8 Å². The van der Waals surface area contributed by atoms with E-state index in [4.69, 9.17) is 11.6 Å². The normalized spacial score (nSPS) is 26.6. The number of fused-ring (bicyclic) bond motifs is 1. The molecule has 0 heterocycles. The van der Waals surface area contributed by atoms with E-state index in [2.05, 4.69) is 48.8 Å². The molecule has 2 aliphatic rings. The predicted molar refractivity (Wildman–Crippen MR) is 115 cm³/mol. The Balaban J connectivity index is 1.41. The molecule has 2 heteroatoms. The third-order valence-electron chi connectivity index (χ3n) is 6.64. The van der Waals surface area contributed by atoms with Crippen LogP contribution in [0, 0.1) is 35.4 Å². The van der Waals surface area contributed by atoms with Gasteiger partial charge in [-0.05, 0) is 98.1 Å². The van der Waals surface area contributed by atoms with Gasteiger partial charge in [-0.15, -0.1) is 6.58 Å². The predicted octanol–water partition coefficient (Wildman–Crippen LogP) is 7.36. The molecule has 2 aliphatic carbocycles. The Labute approximate surface area is 172 Å². The summed E-state index contributed by atoms with van der Waals surface area (Å²) in [4.78, 5) is 0. The molecule has 4 rings (SSSR count). The molecule has 0 aliphatic heterocycles. The first-order valence-electron chi connectivity index (χ1n) is 10.3. The zero-order chi connectivity index (χ0) is 19.5. The molecule has 2 saturated carbocycles. The Morgan fingerprint density at radius 1 is 0.893 bits per heavy atom. The Bertz CT molecular complexity index is 902. The molecule has 144 valence electrons. The van der Waals surface area contributed by atoms with Gasteiger partial charge in [0.15, 0.2) is 0 Å². The zero-order valence-electron chi connectivity index (χ0n) is 16.1. The molecule has 0 spiro atoms. The van der Waals surface area contributed by atoms with Crippen molar-refractivity contribution in [1.29, 1.82) is 0 Å². The summed E-state index contributed by atoms with van der Waals surface area (Å²) in [5.74, 6) is 8.91. The standard InChI is InChI=1S/C26H26ClF/c1-2-18-5-11-24-17-23(13-12-22(24)15-18)21-9-6-19(7-10-21)3-4-20-8-14-25(27)26(28)16-20/h2,6-10,14,16,18,22-24H,1,5,11-13,15,17H2. The van der Waals surface area contributed by atoms with Crippen molar-refractivity contribution in [1.82, 2.24) is 0 Å². The number of rotatable bonds is 2. The van der Waals surface area contributed by atoms with Gasteiger partial charge in [0.05, 0.1) is 5.02 Å². The number of halogens is 2. The molecule has 2 fully saturated rings. The first-order chi connectivity index (χ1) is 13.6. The first kappa shape index (κ1) is 19.3. The SMILES string of the molecule is C=CC1CCC2CC(c3ccc(C#Cc4ccc(Cl)c(F)c4)cc3)CCC2C1. The second-order valence-electron chi connectivity index (χ2n) is 8.34. The van der Waals surface area contributed by atoms with Crippen molar-refractivity contribution >= 4 is 11.6 Å². The van der Waals surface area contributed by atoms with Gasteiger partial charge in [-0.1, -0.05) is 41.7 Å². The summed E-state index contributed by atoms with van der Waals surface area (Å²) in [6.45, 7) is 4.00. The third kappa shape index (κ3) is 4.34. The van der Waals surface area contributed by atoms with Gasteiger partial charge < -0.3 is 0 Å². The molecule has 0 aromatic heterocycles. The van der Waals surface area contributed by atoms with Gasteiger partial charge in [-0.2, -0.15) is 0 Å². The highest BCUT2D eigenvalue weighted by Crippen LogP contribution is 2.47. The average Bonchev–Trinajstić information content (AvgIpc) is 2.74. The van der Waals surface area contributed by atoms with E-state index >= 15 is 0 Å². The molecule has 2 aromatic carbocycles. The van der Waals surface area contributed by atoms with Crippen LogP contribution < -0.4 is 0 Å². The van der Waals surface area contributed by atoms with Crippen LogP contribution in [0.1, 0.15) is 61.1 Å². The molecule has 0 radical (unpaired) electrons. The smallest absolute Gasteiger partial charge is 0.143 e. The Hall–Kier alpha value is -2.04. The van der Waals surface area contributed by atoms with Gasteiger partial charge in [0, 0.05) is 11.1 Å². The summed E-state index contributed by atoms with van der Waals surface area (Å²) in [6.07, 6.45) is 10.2. The highest BCUT2D eigenvalue weighted by atomic mass is 35.5. The largest absolute Gasteiger partial charge is 0.205 e. The van der Waals surface area contributed by atoms with E-state index in [1.165, 1.54) is 50.2 Å². The minimum absolute atomic E-state index is 0.127. The maximum absolute atomic E-state index is 13.5. The fourth-order valence-corrected chi connectivity index (χ4v) is 5.12. The van der Waals surface area contributed by atoms with E-state index in [1.807, 2.05) is 0 Å². The van der Waals surface area contributed by atoms with Crippen LogP contribution in [0.15, 0.2) is 55.1 Å². The van der Waals surface area contributed by atoms with Crippen molar-refractivity contribution in [3.63, 3.8) is 0 Å². The monoisotopic (exact) mass is 392 g/mol. The topological polar surface area (TPSA) is 0 Å². The first-order valence-corrected chi connectivity index (χ1v) is 10.7. The van der Waals surface area contributed by atoms with Crippen LogP contribution in [0.25, 0.3) is 0 Å². The van der Waals surface area contributed by atoms with Crippen LogP contribution in [0.2, 0.25) is 5.02 Å². The number of hydrogen-bond donors (Lipinski definition) is 0. The highest BCUT2D eigenvalue weighted by molar-refractivity contribution is 6.30. The van der Waals surface area contributed by atoms with Crippen molar-refractivity contribution in [3.8, 4) is 11.8 Å². The average molecular weight is 393 g/mol. The molecule has 2 aromatic rings. The van der Waals surface area contributed by atoms with Crippen molar-refractivity contribution in [2.75, 3.05) is 0 Å². The van der Waals surface area contributed by atoms with Crippen LogP contribution in [0.5, 0.6) is 0 Å². The lowest BCUT2D eigenvalue weighted by Crippen LogP contribution is -2.29. The maximum atomic E-state index is 13.5. The van der Waals surface area contributed by atoms with E-state index in [0.717, 1.165) is 23.3 Å². The summed E-state index contributed by atoms with van der Waals surface area (Å²) in [5, 5.41) is 0.127. The highest BCUT2D eigenvalue weighted by Gasteiger charge is 2.35. The van der Waals surface area contributed by atoms with Crippen molar-refractivity contribution in [3.05, 3.63) is 82.6 Å². The molecule has 0 N–H and O–H groups in total. The number of allylic oxidation sites excluding steroid dienone is 1. The van der Waals surface area contributed by atoms with Gasteiger partial charge >= 0.3 is 0 Å². The fourth-order valence-electron chi connectivity index (χ4n) is 5.00. The summed E-state index contributed by atoms with van der Waals surface area (Å²) in [6, 6.07) is 13.3. The quantitative estimate of drug-likeness (QED) is 0.369. The van der Waals surface area contributed by atoms with E-state index < -0.39 is 5.82 Å². The molecule has 0 saturated heterocycles. The summed E-state index contributed by atoms with van der Waals surface area (Å²) >= 11 is 5.72. The minimum Gasteiger partial charge on any atom is -0.205 e. The number of benzene rings is 2. The Kier molecular flexibility index (Phi) is 5.88. The second-order valence-corrected chi connectivity index (χ2v) is 8.75. The van der Waals surface area contributed by atoms with Crippen LogP contribution in [-0.4, -0.2) is 0 Å². The van der Waals surface area contributed by atoms with Crippen molar-refractivity contribution < 1.29 is 4.39 Å². The van der Waals surface area contributed by atoms with Gasteiger partial charge in [-0.25, -0.2) is 4.39 Å². The summed E-state index contributed by atoms with van der Waals surface area (Å²) in [7, 11) is 0. The lowest BCUT2D eigenvalue weighted by Gasteiger charge is -2.41. The van der Waals surface area contributed by atoms with E-state index in [9.17, 15) is 4.39 Å². The summed E-state index contributed by atoms with van der Waals surface area (Å²) < 4.78 is 13.5. The molecule has 28 heavy (non-hydrogen) atoms. The van der Waals surface area contributed by atoms with Gasteiger partial charge in [-0.3, -0.25) is 0 Å². The molecule has 0 bridgehead atoms. The maximum Gasteiger partial charge on any atom is 0.143 e. The Morgan fingerprint density at radius 3 is 2.32 bits per heavy atom. The van der Waals surface area contributed by atoms with E-state index in [1.54, 1.807) is 12.1 Å². The van der Waals surface area contributed by atoms with Gasteiger partial charge in [0.25, 0.3) is 0 Å². The lowest BCUT2D eigenvalue weighted by atomic mass is 9.64. The van der Waals surface area contributed by atoms with Gasteiger partial charge in [0.1, 0.15) is 5.82 Å². The van der Waals surface area contributed by atoms with E-state index in [-0.39, 0.29) is 5.02 Å². The molecule has 4 atom stereocenters. The molecule has 0 nitrogen and oxygen atoms in total. The van der Waals surface area contributed by atoms with Gasteiger partial charge in [0.2, 0.25) is 0 Å². The molecule has 0 amide bonds. The number of hydrogen-bond acceptors (Lipinski definition) is 0. The molecular formula is C26H26ClF. The lowest BCUT2D eigenvalue weighted by molar-refractivity contribution is 0.133. The third-order valence-corrected chi connectivity index (χ3v) is 6.95. The van der Waals surface area contributed by atoms with Crippen molar-refractivity contribution in [2.45, 2.75) is 44.4 Å². The fraction of sp³-hybridized carbons (Fsp3) is 0.385. The van der Waals surface area contributed by atoms with Crippen LogP contribution >= 0.6 is 11.6 Å². The second kappa shape index (κ2) is 8.54. The van der Waals surface area contributed by atoms with E-state index in [0.29, 0.717) is 11.5 Å². The summed E-state index contributed by atoms with van der Waals surface area (Å²) in [5.41, 5.74) is 3.03. The Morgan fingerprint density at radius 2 is 1.57 bits per heavy atom. The zero-order valence-corrected chi connectivity index (χ0v) is 16.9. The minimum atomic E-state index is -0.429. The van der Waals surface area contributed by atoms with Crippen LogP contribution in [0.4, 0.5) is 4.39 Å².